The lowest BCUT2D eigenvalue weighted by atomic mass is 10.0. The number of thioether (sulfide) groups is 1. The fraction of sp³-hybridized carbons (Fsp3) is 0.500. The fourth-order valence-electron chi connectivity index (χ4n) is 1.48. The summed E-state index contributed by atoms with van der Waals surface area (Å²) in [6.07, 6.45) is 1.96. The van der Waals surface area contributed by atoms with Gasteiger partial charge in [0, 0.05) is 10.9 Å². The number of hydrogen-bond acceptors (Lipinski definition) is 3. The van der Waals surface area contributed by atoms with Crippen LogP contribution in [0.4, 0.5) is 0 Å². The van der Waals surface area contributed by atoms with E-state index in [0.29, 0.717) is 0 Å². The average molecular weight is 261 g/mol. The van der Waals surface area contributed by atoms with Gasteiger partial charge in [-0.15, -0.1) is 24.2 Å². The predicted molar refractivity (Wildman–Crippen MR) is 75.3 cm³/mol. The van der Waals surface area contributed by atoms with E-state index < -0.39 is 0 Å². The molecule has 1 aromatic rings. The van der Waals surface area contributed by atoms with Crippen molar-refractivity contribution in [2.45, 2.75) is 30.7 Å². The quantitative estimate of drug-likeness (QED) is 0.774. The van der Waals surface area contributed by atoms with E-state index in [2.05, 4.69) is 31.2 Å². The summed E-state index contributed by atoms with van der Waals surface area (Å²) < 4.78 is 0. The van der Waals surface area contributed by atoms with Crippen LogP contribution in [0.3, 0.4) is 0 Å². The molecule has 2 nitrogen and oxygen atoms in total. The van der Waals surface area contributed by atoms with Gasteiger partial charge in [0.05, 0.1) is 0 Å². The van der Waals surface area contributed by atoms with Crippen molar-refractivity contribution in [2.75, 3.05) is 12.3 Å². The Morgan fingerprint density at radius 3 is 2.38 bits per heavy atom. The molecule has 0 fully saturated rings. The van der Waals surface area contributed by atoms with Crippen molar-refractivity contribution < 1.29 is 0 Å². The van der Waals surface area contributed by atoms with Crippen LogP contribution in [0.5, 0.6) is 0 Å². The Balaban J connectivity index is 0.00000225. The van der Waals surface area contributed by atoms with Crippen molar-refractivity contribution in [1.82, 2.24) is 0 Å². The van der Waals surface area contributed by atoms with Crippen molar-refractivity contribution in [1.29, 1.82) is 0 Å². The van der Waals surface area contributed by atoms with Gasteiger partial charge in [-0.1, -0.05) is 19.1 Å². The highest BCUT2D eigenvalue weighted by Gasteiger charge is 2.04. The average Bonchev–Trinajstić information content (AvgIpc) is 2.27. The van der Waals surface area contributed by atoms with E-state index in [1.54, 1.807) is 0 Å². The molecule has 16 heavy (non-hydrogen) atoms. The maximum Gasteiger partial charge on any atom is 0.0295 e. The second kappa shape index (κ2) is 8.88. The van der Waals surface area contributed by atoms with E-state index in [0.717, 1.165) is 25.1 Å². The van der Waals surface area contributed by atoms with Crippen LogP contribution in [0.2, 0.25) is 0 Å². The summed E-state index contributed by atoms with van der Waals surface area (Å²) in [4.78, 5) is 1.31. The molecule has 0 aliphatic carbocycles. The Kier molecular flexibility index (Phi) is 8.76. The van der Waals surface area contributed by atoms with Crippen molar-refractivity contribution >= 4 is 24.2 Å². The van der Waals surface area contributed by atoms with Gasteiger partial charge in [0.15, 0.2) is 0 Å². The standard InChI is InChI=1S/C12H20N2S.ClH/c1-2-15-11-7-5-10(6-8-11)12(14)4-3-9-13;/h5-8,12H,2-4,9,13-14H2,1H3;1H/t12-;/m0./s1. The molecule has 1 rings (SSSR count). The van der Waals surface area contributed by atoms with E-state index in [-0.39, 0.29) is 18.4 Å². The second-order valence-corrected chi connectivity index (χ2v) is 4.88. The van der Waals surface area contributed by atoms with Gasteiger partial charge >= 0.3 is 0 Å². The first-order valence-corrected chi connectivity index (χ1v) is 6.45. The Labute approximate surface area is 109 Å². The lowest BCUT2D eigenvalue weighted by Gasteiger charge is -2.11. The van der Waals surface area contributed by atoms with Gasteiger partial charge in [-0.3, -0.25) is 0 Å². The molecule has 4 heteroatoms. The minimum absolute atomic E-state index is 0. The maximum absolute atomic E-state index is 6.04. The molecule has 0 spiro atoms. The third-order valence-electron chi connectivity index (χ3n) is 2.34. The number of hydrogen-bond donors (Lipinski definition) is 2. The van der Waals surface area contributed by atoms with Crippen molar-refractivity contribution in [3.63, 3.8) is 0 Å². The zero-order chi connectivity index (χ0) is 11.1. The highest BCUT2D eigenvalue weighted by atomic mass is 35.5. The summed E-state index contributed by atoms with van der Waals surface area (Å²) >= 11 is 1.85. The number of nitrogens with two attached hydrogens (primary N) is 2. The normalized spacial score (nSPS) is 11.9. The first-order valence-electron chi connectivity index (χ1n) is 5.46. The molecular formula is C12H21ClN2S. The topological polar surface area (TPSA) is 52.0 Å². The van der Waals surface area contributed by atoms with Gasteiger partial charge in [-0.05, 0) is 42.8 Å². The number of benzene rings is 1. The summed E-state index contributed by atoms with van der Waals surface area (Å²) in [7, 11) is 0. The highest BCUT2D eigenvalue weighted by Crippen LogP contribution is 2.21. The second-order valence-electron chi connectivity index (χ2n) is 3.54. The van der Waals surface area contributed by atoms with Gasteiger partial charge in [-0.25, -0.2) is 0 Å². The minimum Gasteiger partial charge on any atom is -0.330 e. The van der Waals surface area contributed by atoms with Gasteiger partial charge in [0.2, 0.25) is 0 Å². The molecule has 92 valence electrons. The van der Waals surface area contributed by atoms with Gasteiger partial charge in [0.1, 0.15) is 0 Å². The zero-order valence-electron chi connectivity index (χ0n) is 9.69. The molecule has 0 saturated heterocycles. The summed E-state index contributed by atoms with van der Waals surface area (Å²) in [6.45, 7) is 2.88. The van der Waals surface area contributed by atoms with Crippen molar-refractivity contribution in [3.05, 3.63) is 29.8 Å². The summed E-state index contributed by atoms with van der Waals surface area (Å²) in [5, 5.41) is 0. The Morgan fingerprint density at radius 1 is 1.25 bits per heavy atom. The third-order valence-corrected chi connectivity index (χ3v) is 3.23. The first kappa shape index (κ1) is 15.8. The van der Waals surface area contributed by atoms with Gasteiger partial charge < -0.3 is 11.5 Å². The molecule has 0 saturated carbocycles. The molecule has 0 amide bonds. The van der Waals surface area contributed by atoms with Crippen LogP contribution in [0.25, 0.3) is 0 Å². The van der Waals surface area contributed by atoms with Crippen LogP contribution in [0, 0.1) is 0 Å². The lowest BCUT2D eigenvalue weighted by molar-refractivity contribution is 0.617. The van der Waals surface area contributed by atoms with Crippen LogP contribution >= 0.6 is 24.2 Å². The Bertz CT molecular complexity index is 277. The summed E-state index contributed by atoms with van der Waals surface area (Å²) in [5.74, 6) is 1.11. The summed E-state index contributed by atoms with van der Waals surface area (Å²) in [6, 6.07) is 8.67. The molecule has 0 heterocycles. The first-order chi connectivity index (χ1) is 7.27. The van der Waals surface area contributed by atoms with E-state index in [1.807, 2.05) is 11.8 Å². The molecule has 1 atom stereocenters. The van der Waals surface area contributed by atoms with Crippen molar-refractivity contribution in [3.8, 4) is 0 Å². The number of halogens is 1. The lowest BCUT2D eigenvalue weighted by Crippen LogP contribution is -2.12. The van der Waals surface area contributed by atoms with E-state index in [4.69, 9.17) is 11.5 Å². The SMILES string of the molecule is CCSc1ccc([C@@H](N)CCCN)cc1.Cl. The van der Waals surface area contributed by atoms with Gasteiger partial charge in [-0.2, -0.15) is 0 Å². The molecular weight excluding hydrogens is 240 g/mol. The van der Waals surface area contributed by atoms with E-state index >= 15 is 0 Å². The molecule has 4 N–H and O–H groups in total. The Morgan fingerprint density at radius 2 is 1.88 bits per heavy atom. The molecule has 0 radical (unpaired) electrons. The molecule has 0 aliphatic heterocycles. The van der Waals surface area contributed by atoms with Crippen LogP contribution < -0.4 is 11.5 Å². The summed E-state index contributed by atoms with van der Waals surface area (Å²) in [5.41, 5.74) is 12.7. The predicted octanol–water partition coefficient (Wildman–Crippen LogP) is 2.96. The van der Waals surface area contributed by atoms with Crippen LogP contribution in [0.1, 0.15) is 31.4 Å². The molecule has 0 unspecified atom stereocenters. The maximum atomic E-state index is 6.04. The third kappa shape index (κ3) is 5.21. The smallest absolute Gasteiger partial charge is 0.0295 e. The fourth-order valence-corrected chi connectivity index (χ4v) is 2.14. The molecule has 0 aliphatic rings. The van der Waals surface area contributed by atoms with Crippen molar-refractivity contribution in [2.24, 2.45) is 11.5 Å². The van der Waals surface area contributed by atoms with E-state index in [9.17, 15) is 0 Å². The zero-order valence-corrected chi connectivity index (χ0v) is 11.3. The molecule has 0 bridgehead atoms. The highest BCUT2D eigenvalue weighted by molar-refractivity contribution is 7.99. The van der Waals surface area contributed by atoms with Crippen LogP contribution in [-0.4, -0.2) is 12.3 Å². The van der Waals surface area contributed by atoms with Crippen LogP contribution in [0.15, 0.2) is 29.2 Å². The molecule has 0 aromatic heterocycles. The van der Waals surface area contributed by atoms with Crippen LogP contribution in [-0.2, 0) is 0 Å². The largest absolute Gasteiger partial charge is 0.330 e. The molecule has 1 aromatic carbocycles. The Hall–Kier alpha value is -0.220. The van der Waals surface area contributed by atoms with Gasteiger partial charge in [0.25, 0.3) is 0 Å². The number of rotatable bonds is 6. The monoisotopic (exact) mass is 260 g/mol. The van der Waals surface area contributed by atoms with E-state index in [1.165, 1.54) is 10.5 Å². The minimum atomic E-state index is 0.